The van der Waals surface area contributed by atoms with Crippen molar-refractivity contribution < 1.29 is 18.3 Å². The van der Waals surface area contributed by atoms with Crippen LogP contribution in [0.4, 0.5) is 0 Å². The van der Waals surface area contributed by atoms with Gasteiger partial charge in [0.2, 0.25) is 0 Å². The molecule has 0 aromatic carbocycles. The fourth-order valence-corrected chi connectivity index (χ4v) is 5.31. The summed E-state index contributed by atoms with van der Waals surface area (Å²) in [5.41, 5.74) is -0.790. The predicted octanol–water partition coefficient (Wildman–Crippen LogP) is 1.48. The lowest BCUT2D eigenvalue weighted by molar-refractivity contribution is -0.138. The molecule has 0 aromatic heterocycles. The zero-order chi connectivity index (χ0) is 14.8. The Bertz CT molecular complexity index is 457. The normalized spacial score (nSPS) is 27.6. The van der Waals surface area contributed by atoms with Gasteiger partial charge >= 0.3 is 5.97 Å². The number of aliphatic carboxylic acids is 1. The van der Waals surface area contributed by atoms with Gasteiger partial charge < -0.3 is 5.11 Å². The molecule has 116 valence electrons. The highest BCUT2D eigenvalue weighted by Gasteiger charge is 2.42. The van der Waals surface area contributed by atoms with Gasteiger partial charge in [0.15, 0.2) is 0 Å². The largest absolute Gasteiger partial charge is 0.481 e. The van der Waals surface area contributed by atoms with E-state index in [0.717, 1.165) is 32.1 Å². The molecular weight excluding hydrogens is 280 g/mol. The van der Waals surface area contributed by atoms with E-state index < -0.39 is 21.7 Å². The first-order valence-corrected chi connectivity index (χ1v) is 8.81. The number of hydrogen-bond donors (Lipinski definition) is 2. The molecule has 0 bridgehead atoms. The quantitative estimate of drug-likeness (QED) is 0.805. The topological polar surface area (TPSA) is 86.7 Å². The van der Waals surface area contributed by atoms with Gasteiger partial charge in [-0.3, -0.25) is 4.79 Å². The van der Waals surface area contributed by atoms with Crippen molar-refractivity contribution in [2.75, 3.05) is 6.54 Å². The number of rotatable bonds is 5. The van der Waals surface area contributed by atoms with E-state index in [1.807, 2.05) is 6.92 Å². The first kappa shape index (κ1) is 15.7. The number of carboxylic acids is 1. The Morgan fingerprint density at radius 2 is 1.95 bits per heavy atom. The van der Waals surface area contributed by atoms with E-state index in [-0.39, 0.29) is 12.5 Å². The zero-order valence-corrected chi connectivity index (χ0v) is 12.8. The van der Waals surface area contributed by atoms with Gasteiger partial charge in [-0.05, 0) is 32.6 Å². The number of nitrogens with zero attached hydrogens (tertiary/aromatic N) is 1. The van der Waals surface area contributed by atoms with Gasteiger partial charge in [0.05, 0.1) is 6.42 Å². The fourth-order valence-electron chi connectivity index (χ4n) is 3.42. The Balaban J connectivity index is 2.14. The molecule has 1 aliphatic heterocycles. The zero-order valence-electron chi connectivity index (χ0n) is 12.0. The van der Waals surface area contributed by atoms with Crippen LogP contribution < -0.4 is 4.72 Å². The summed E-state index contributed by atoms with van der Waals surface area (Å²) < 4.78 is 29.3. The van der Waals surface area contributed by atoms with Gasteiger partial charge in [-0.25, -0.2) is 0 Å². The number of piperidine rings is 1. The summed E-state index contributed by atoms with van der Waals surface area (Å²) in [6, 6.07) is -0.00969. The van der Waals surface area contributed by atoms with E-state index in [0.29, 0.717) is 19.4 Å². The Hall–Kier alpha value is -0.660. The Morgan fingerprint density at radius 1 is 1.30 bits per heavy atom. The maximum atomic E-state index is 12.6. The molecule has 1 heterocycles. The summed E-state index contributed by atoms with van der Waals surface area (Å²) in [5.74, 6) is -0.943. The molecule has 2 rings (SSSR count). The summed E-state index contributed by atoms with van der Waals surface area (Å²) >= 11 is 0. The van der Waals surface area contributed by atoms with Gasteiger partial charge in [-0.15, -0.1) is 0 Å². The minimum atomic E-state index is -3.60. The van der Waals surface area contributed by atoms with E-state index in [9.17, 15) is 13.2 Å². The maximum absolute atomic E-state index is 12.6. The highest BCUT2D eigenvalue weighted by molar-refractivity contribution is 7.87. The second kappa shape index (κ2) is 5.99. The van der Waals surface area contributed by atoms with Crippen LogP contribution in [0.5, 0.6) is 0 Å². The number of nitrogens with one attached hydrogen (secondary N) is 1. The first-order chi connectivity index (χ1) is 9.35. The third-order valence-electron chi connectivity index (χ3n) is 4.45. The van der Waals surface area contributed by atoms with Gasteiger partial charge in [0.25, 0.3) is 10.2 Å². The molecule has 0 radical (unpaired) electrons. The molecule has 1 aliphatic carbocycles. The molecule has 2 fully saturated rings. The lowest BCUT2D eigenvalue weighted by Gasteiger charge is -2.36. The van der Waals surface area contributed by atoms with Crippen LogP contribution in [-0.4, -0.2) is 41.9 Å². The average molecular weight is 304 g/mol. The summed E-state index contributed by atoms with van der Waals surface area (Å²) in [6.45, 7) is 2.44. The lowest BCUT2D eigenvalue weighted by atomic mass is 9.95. The molecule has 1 saturated carbocycles. The lowest BCUT2D eigenvalue weighted by Crippen LogP contribution is -2.55. The Labute approximate surface area is 120 Å². The minimum absolute atomic E-state index is 0.00969. The molecule has 0 amide bonds. The molecule has 20 heavy (non-hydrogen) atoms. The van der Waals surface area contributed by atoms with Crippen LogP contribution in [0.1, 0.15) is 58.3 Å². The van der Waals surface area contributed by atoms with Gasteiger partial charge in [-0.2, -0.15) is 17.4 Å². The predicted molar refractivity (Wildman–Crippen MR) is 75.5 cm³/mol. The summed E-state index contributed by atoms with van der Waals surface area (Å²) in [4.78, 5) is 11.0. The van der Waals surface area contributed by atoms with Crippen molar-refractivity contribution in [2.24, 2.45) is 0 Å². The second-order valence-electron chi connectivity index (χ2n) is 6.12. The molecule has 6 nitrogen and oxygen atoms in total. The molecule has 1 saturated heterocycles. The summed E-state index contributed by atoms with van der Waals surface area (Å²) in [5, 5.41) is 9.05. The van der Waals surface area contributed by atoms with Crippen molar-refractivity contribution >= 4 is 16.2 Å². The van der Waals surface area contributed by atoms with E-state index in [2.05, 4.69) is 4.72 Å². The monoisotopic (exact) mass is 304 g/mol. The average Bonchev–Trinajstić information content (AvgIpc) is 2.75. The number of carboxylic acid groups (broad SMARTS) is 1. The highest BCUT2D eigenvalue weighted by Crippen LogP contribution is 2.34. The van der Waals surface area contributed by atoms with Crippen LogP contribution >= 0.6 is 0 Å². The standard InChI is InChI=1S/C13H24N2O4S/c1-11-6-2-5-9-15(11)20(18,19)14-13(10-12(16)17)7-3-4-8-13/h11,14H,2-10H2,1H3,(H,16,17). The van der Waals surface area contributed by atoms with Crippen LogP contribution in [-0.2, 0) is 15.0 Å². The van der Waals surface area contributed by atoms with E-state index in [1.165, 1.54) is 4.31 Å². The van der Waals surface area contributed by atoms with Crippen molar-refractivity contribution in [3.8, 4) is 0 Å². The van der Waals surface area contributed by atoms with Gasteiger partial charge in [0, 0.05) is 18.1 Å². The van der Waals surface area contributed by atoms with Crippen LogP contribution in [0.2, 0.25) is 0 Å². The highest BCUT2D eigenvalue weighted by atomic mass is 32.2. The van der Waals surface area contributed by atoms with Crippen LogP contribution in [0.3, 0.4) is 0 Å². The molecule has 2 N–H and O–H groups in total. The third-order valence-corrected chi connectivity index (χ3v) is 6.30. The SMILES string of the molecule is CC1CCCCN1S(=O)(=O)NC1(CC(=O)O)CCCC1. The van der Waals surface area contributed by atoms with Crippen molar-refractivity contribution in [3.05, 3.63) is 0 Å². The molecule has 0 spiro atoms. The fraction of sp³-hybridized carbons (Fsp3) is 0.923. The van der Waals surface area contributed by atoms with Crippen molar-refractivity contribution in [3.63, 3.8) is 0 Å². The van der Waals surface area contributed by atoms with Crippen LogP contribution in [0.15, 0.2) is 0 Å². The number of hydrogen-bond acceptors (Lipinski definition) is 3. The van der Waals surface area contributed by atoms with Crippen LogP contribution in [0, 0.1) is 0 Å². The molecule has 1 unspecified atom stereocenters. The molecule has 7 heteroatoms. The van der Waals surface area contributed by atoms with E-state index in [4.69, 9.17) is 5.11 Å². The van der Waals surface area contributed by atoms with Crippen molar-refractivity contribution in [1.29, 1.82) is 0 Å². The minimum Gasteiger partial charge on any atom is -0.481 e. The Morgan fingerprint density at radius 3 is 2.50 bits per heavy atom. The maximum Gasteiger partial charge on any atom is 0.305 e. The summed E-state index contributed by atoms with van der Waals surface area (Å²) in [7, 11) is -3.60. The van der Waals surface area contributed by atoms with E-state index in [1.54, 1.807) is 0 Å². The second-order valence-corrected chi connectivity index (χ2v) is 7.74. The molecular formula is C13H24N2O4S. The summed E-state index contributed by atoms with van der Waals surface area (Å²) in [6.07, 6.45) is 5.64. The molecule has 0 aromatic rings. The van der Waals surface area contributed by atoms with Gasteiger partial charge in [-0.1, -0.05) is 19.3 Å². The Kier molecular flexibility index (Phi) is 4.71. The van der Waals surface area contributed by atoms with Crippen molar-refractivity contribution in [1.82, 2.24) is 9.03 Å². The van der Waals surface area contributed by atoms with Gasteiger partial charge in [0.1, 0.15) is 0 Å². The molecule has 2 aliphatic rings. The van der Waals surface area contributed by atoms with Crippen molar-refractivity contribution in [2.45, 2.75) is 69.9 Å². The smallest absolute Gasteiger partial charge is 0.305 e. The number of carbonyl (C=O) groups is 1. The molecule has 1 atom stereocenters. The van der Waals surface area contributed by atoms with E-state index >= 15 is 0 Å². The van der Waals surface area contributed by atoms with Crippen LogP contribution in [0.25, 0.3) is 0 Å². The first-order valence-electron chi connectivity index (χ1n) is 7.37. The third kappa shape index (κ3) is 3.51.